The van der Waals surface area contributed by atoms with E-state index in [0.29, 0.717) is 12.5 Å². The predicted octanol–water partition coefficient (Wildman–Crippen LogP) is 1.99. The monoisotopic (exact) mass is 184 g/mol. The third-order valence-corrected chi connectivity index (χ3v) is 3.27. The highest BCUT2D eigenvalue weighted by Crippen LogP contribution is 2.44. The highest BCUT2D eigenvalue weighted by Gasteiger charge is 2.36. The topological polar surface area (TPSA) is 29.5 Å². The molecule has 76 valence electrons. The van der Waals surface area contributed by atoms with Gasteiger partial charge in [0, 0.05) is 13.7 Å². The molecule has 0 aromatic heterocycles. The van der Waals surface area contributed by atoms with Crippen LogP contribution in [0.3, 0.4) is 0 Å². The molecular weight excluding hydrogens is 164 g/mol. The van der Waals surface area contributed by atoms with Gasteiger partial charge in [-0.1, -0.05) is 19.9 Å². The minimum Gasteiger partial charge on any atom is -0.396 e. The Hall–Kier alpha value is -0.340. The van der Waals surface area contributed by atoms with Gasteiger partial charge in [0.15, 0.2) is 0 Å². The first kappa shape index (κ1) is 10.7. The van der Waals surface area contributed by atoms with Gasteiger partial charge in [0.1, 0.15) is 0 Å². The summed E-state index contributed by atoms with van der Waals surface area (Å²) in [6.07, 6.45) is 4.26. The molecule has 0 saturated carbocycles. The second kappa shape index (κ2) is 4.25. The standard InChI is InChI=1S/C11H20O2/c1-11(2)9(6-7-12)4-5-10(11)8-13-3/h5,9,12H,4,6-8H2,1-3H3. The smallest absolute Gasteiger partial charge is 0.0678 e. The van der Waals surface area contributed by atoms with Crippen LogP contribution >= 0.6 is 0 Å². The lowest BCUT2D eigenvalue weighted by Crippen LogP contribution is -2.24. The molecule has 0 spiro atoms. The zero-order chi connectivity index (χ0) is 9.90. The van der Waals surface area contributed by atoms with Crippen molar-refractivity contribution < 1.29 is 9.84 Å². The van der Waals surface area contributed by atoms with Gasteiger partial charge in [-0.25, -0.2) is 0 Å². The quantitative estimate of drug-likeness (QED) is 0.677. The first-order chi connectivity index (χ1) is 6.12. The van der Waals surface area contributed by atoms with Gasteiger partial charge in [0.2, 0.25) is 0 Å². The van der Waals surface area contributed by atoms with Gasteiger partial charge in [-0.15, -0.1) is 0 Å². The van der Waals surface area contributed by atoms with Crippen molar-refractivity contribution in [3.05, 3.63) is 11.6 Å². The molecule has 1 N–H and O–H groups in total. The number of hydrogen-bond acceptors (Lipinski definition) is 2. The first-order valence-electron chi connectivity index (χ1n) is 4.92. The molecule has 0 saturated heterocycles. The number of allylic oxidation sites excluding steroid dienone is 1. The van der Waals surface area contributed by atoms with Gasteiger partial charge in [-0.3, -0.25) is 0 Å². The number of methoxy groups -OCH3 is 1. The van der Waals surface area contributed by atoms with Crippen molar-refractivity contribution in [3.63, 3.8) is 0 Å². The van der Waals surface area contributed by atoms with E-state index in [1.165, 1.54) is 5.57 Å². The van der Waals surface area contributed by atoms with Crippen LogP contribution in [0.2, 0.25) is 0 Å². The van der Waals surface area contributed by atoms with Crippen molar-refractivity contribution in [1.29, 1.82) is 0 Å². The number of aliphatic hydroxyl groups excluding tert-OH is 1. The molecule has 13 heavy (non-hydrogen) atoms. The molecule has 0 amide bonds. The van der Waals surface area contributed by atoms with Crippen LogP contribution in [0.1, 0.15) is 26.7 Å². The molecule has 0 heterocycles. The molecule has 2 nitrogen and oxygen atoms in total. The maximum atomic E-state index is 8.92. The summed E-state index contributed by atoms with van der Waals surface area (Å²) in [7, 11) is 1.73. The van der Waals surface area contributed by atoms with Crippen molar-refractivity contribution >= 4 is 0 Å². The molecule has 1 atom stereocenters. The van der Waals surface area contributed by atoms with Crippen LogP contribution in [0.25, 0.3) is 0 Å². The number of rotatable bonds is 4. The summed E-state index contributed by atoms with van der Waals surface area (Å²) in [5.74, 6) is 0.586. The van der Waals surface area contributed by atoms with Crippen LogP contribution in [0.4, 0.5) is 0 Å². The van der Waals surface area contributed by atoms with Crippen molar-refractivity contribution in [3.8, 4) is 0 Å². The summed E-state index contributed by atoms with van der Waals surface area (Å²) in [6, 6.07) is 0. The largest absolute Gasteiger partial charge is 0.396 e. The molecule has 0 aliphatic heterocycles. The van der Waals surface area contributed by atoms with Crippen molar-refractivity contribution in [2.75, 3.05) is 20.3 Å². The fraction of sp³-hybridized carbons (Fsp3) is 0.818. The summed E-state index contributed by atoms with van der Waals surface area (Å²) in [5, 5.41) is 8.92. The van der Waals surface area contributed by atoms with E-state index in [4.69, 9.17) is 9.84 Å². The number of ether oxygens (including phenoxy) is 1. The SMILES string of the molecule is COCC1=CCC(CCO)C1(C)C. The van der Waals surface area contributed by atoms with E-state index in [1.54, 1.807) is 7.11 Å². The van der Waals surface area contributed by atoms with E-state index in [1.807, 2.05) is 0 Å². The lowest BCUT2D eigenvalue weighted by molar-refractivity contribution is 0.168. The molecule has 1 rings (SSSR count). The molecule has 1 aliphatic carbocycles. The second-order valence-electron chi connectivity index (χ2n) is 4.33. The zero-order valence-corrected chi connectivity index (χ0v) is 8.84. The van der Waals surface area contributed by atoms with Crippen LogP contribution in [-0.2, 0) is 4.74 Å². The van der Waals surface area contributed by atoms with Crippen LogP contribution in [-0.4, -0.2) is 25.4 Å². The minimum absolute atomic E-state index is 0.207. The first-order valence-corrected chi connectivity index (χ1v) is 4.92. The van der Waals surface area contributed by atoms with Crippen molar-refractivity contribution in [2.24, 2.45) is 11.3 Å². The van der Waals surface area contributed by atoms with Crippen LogP contribution in [0, 0.1) is 11.3 Å². The molecular formula is C11H20O2. The summed E-state index contributed by atoms with van der Waals surface area (Å²) in [6.45, 7) is 5.51. The minimum atomic E-state index is 0.207. The Morgan fingerprint density at radius 3 is 2.85 bits per heavy atom. The Balaban J connectivity index is 2.61. The average molecular weight is 184 g/mol. The third kappa shape index (κ3) is 2.12. The molecule has 0 fully saturated rings. The van der Waals surface area contributed by atoms with E-state index in [9.17, 15) is 0 Å². The Morgan fingerprint density at radius 2 is 2.31 bits per heavy atom. The van der Waals surface area contributed by atoms with Crippen LogP contribution < -0.4 is 0 Å². The maximum absolute atomic E-state index is 8.92. The molecule has 0 aromatic rings. The Kier molecular flexibility index (Phi) is 3.51. The Bertz CT molecular complexity index is 194. The van der Waals surface area contributed by atoms with Crippen molar-refractivity contribution in [2.45, 2.75) is 26.7 Å². The Labute approximate surface area is 80.6 Å². The Morgan fingerprint density at radius 1 is 1.62 bits per heavy atom. The van der Waals surface area contributed by atoms with Crippen LogP contribution in [0.5, 0.6) is 0 Å². The summed E-state index contributed by atoms with van der Waals surface area (Å²) in [4.78, 5) is 0. The molecule has 0 radical (unpaired) electrons. The van der Waals surface area contributed by atoms with Crippen molar-refractivity contribution in [1.82, 2.24) is 0 Å². The van der Waals surface area contributed by atoms with Crippen LogP contribution in [0.15, 0.2) is 11.6 Å². The van der Waals surface area contributed by atoms with Gasteiger partial charge in [-0.05, 0) is 29.7 Å². The maximum Gasteiger partial charge on any atom is 0.0678 e. The van der Waals surface area contributed by atoms with E-state index in [2.05, 4.69) is 19.9 Å². The summed E-state index contributed by atoms with van der Waals surface area (Å²) in [5.41, 5.74) is 1.59. The van der Waals surface area contributed by atoms with Gasteiger partial charge < -0.3 is 9.84 Å². The molecule has 2 heteroatoms. The zero-order valence-electron chi connectivity index (χ0n) is 8.84. The molecule has 1 unspecified atom stereocenters. The molecule has 1 aliphatic rings. The lowest BCUT2D eigenvalue weighted by atomic mass is 9.76. The lowest BCUT2D eigenvalue weighted by Gasteiger charge is -2.30. The van der Waals surface area contributed by atoms with E-state index in [0.717, 1.165) is 19.4 Å². The third-order valence-electron chi connectivity index (χ3n) is 3.27. The van der Waals surface area contributed by atoms with Gasteiger partial charge in [0.05, 0.1) is 6.61 Å². The van der Waals surface area contributed by atoms with Gasteiger partial charge in [0.25, 0.3) is 0 Å². The second-order valence-corrected chi connectivity index (χ2v) is 4.33. The molecule has 0 aromatic carbocycles. The summed E-state index contributed by atoms with van der Waals surface area (Å²) < 4.78 is 5.16. The normalized spacial score (nSPS) is 26.2. The predicted molar refractivity (Wildman–Crippen MR) is 53.5 cm³/mol. The molecule has 0 bridgehead atoms. The fourth-order valence-corrected chi connectivity index (χ4v) is 2.14. The average Bonchev–Trinajstić information content (AvgIpc) is 2.33. The van der Waals surface area contributed by atoms with Gasteiger partial charge in [-0.2, -0.15) is 0 Å². The van der Waals surface area contributed by atoms with E-state index < -0.39 is 0 Å². The highest BCUT2D eigenvalue weighted by atomic mass is 16.5. The highest BCUT2D eigenvalue weighted by molar-refractivity contribution is 5.21. The summed E-state index contributed by atoms with van der Waals surface area (Å²) >= 11 is 0. The number of aliphatic hydroxyl groups is 1. The van der Waals surface area contributed by atoms with Gasteiger partial charge >= 0.3 is 0 Å². The fourth-order valence-electron chi connectivity index (χ4n) is 2.14. The van der Waals surface area contributed by atoms with E-state index in [-0.39, 0.29) is 5.41 Å². The number of hydrogen-bond donors (Lipinski definition) is 1. The van der Waals surface area contributed by atoms with E-state index >= 15 is 0 Å².